The van der Waals surface area contributed by atoms with Crippen molar-refractivity contribution in [1.29, 1.82) is 0 Å². The Morgan fingerprint density at radius 1 is 0.309 bits per heavy atom. The van der Waals surface area contributed by atoms with Crippen LogP contribution in [0.4, 0.5) is 42.9 Å². The first-order valence-corrected chi connectivity index (χ1v) is 18.3. The minimum Gasteiger partial charge on any atom is -0.310 e. The van der Waals surface area contributed by atoms with Crippen LogP contribution in [0.2, 0.25) is 0 Å². The molecular formula is C50H33F2N3. The average Bonchev–Trinajstić information content (AvgIpc) is 3.54. The van der Waals surface area contributed by atoms with Crippen molar-refractivity contribution in [2.24, 2.45) is 0 Å². The first-order valence-electron chi connectivity index (χ1n) is 18.3. The van der Waals surface area contributed by atoms with Crippen LogP contribution in [0.5, 0.6) is 0 Å². The third kappa shape index (κ3) is 5.83. The van der Waals surface area contributed by atoms with Crippen LogP contribution in [0.3, 0.4) is 0 Å². The van der Waals surface area contributed by atoms with Gasteiger partial charge >= 0.3 is 0 Å². The molecule has 0 spiro atoms. The summed E-state index contributed by atoms with van der Waals surface area (Å²) in [7, 11) is 0. The van der Waals surface area contributed by atoms with E-state index in [-0.39, 0.29) is 11.6 Å². The largest absolute Gasteiger partial charge is 0.310 e. The van der Waals surface area contributed by atoms with Crippen LogP contribution in [-0.4, -0.2) is 4.57 Å². The first kappa shape index (κ1) is 32.4. The fraction of sp³-hybridized carbons (Fsp3) is 0. The smallest absolute Gasteiger partial charge is 0.123 e. The minimum absolute atomic E-state index is 0.271. The number of hydrogen-bond donors (Lipinski definition) is 0. The van der Waals surface area contributed by atoms with Crippen molar-refractivity contribution in [2.75, 3.05) is 9.80 Å². The Kier molecular flexibility index (Phi) is 7.85. The Hall–Kier alpha value is -7.24. The molecule has 10 aromatic rings. The van der Waals surface area contributed by atoms with Crippen molar-refractivity contribution in [3.63, 3.8) is 0 Å². The third-order valence-electron chi connectivity index (χ3n) is 10.4. The molecule has 0 bridgehead atoms. The van der Waals surface area contributed by atoms with Gasteiger partial charge in [-0.05, 0) is 143 Å². The molecule has 5 heteroatoms. The Balaban J connectivity index is 1.22. The molecule has 262 valence electrons. The van der Waals surface area contributed by atoms with Gasteiger partial charge < -0.3 is 14.4 Å². The fourth-order valence-corrected chi connectivity index (χ4v) is 7.84. The van der Waals surface area contributed by atoms with Crippen molar-refractivity contribution < 1.29 is 8.78 Å². The van der Waals surface area contributed by atoms with E-state index in [1.165, 1.54) is 29.7 Å². The average molecular weight is 714 g/mol. The van der Waals surface area contributed by atoms with Crippen molar-refractivity contribution in [2.45, 2.75) is 0 Å². The van der Waals surface area contributed by atoms with E-state index in [0.717, 1.165) is 77.8 Å². The van der Waals surface area contributed by atoms with Gasteiger partial charge in [0.2, 0.25) is 0 Å². The highest BCUT2D eigenvalue weighted by Crippen LogP contribution is 2.42. The second kappa shape index (κ2) is 13.3. The maximum absolute atomic E-state index is 14.2. The monoisotopic (exact) mass is 713 g/mol. The molecule has 55 heavy (non-hydrogen) atoms. The van der Waals surface area contributed by atoms with Crippen molar-refractivity contribution in [3.8, 4) is 5.69 Å². The number of hydrogen-bond acceptors (Lipinski definition) is 2. The number of fused-ring (bicyclic) bond motifs is 5. The summed E-state index contributed by atoms with van der Waals surface area (Å²) in [5, 5.41) is 6.79. The Morgan fingerprint density at radius 2 is 0.782 bits per heavy atom. The lowest BCUT2D eigenvalue weighted by atomic mass is 10.0. The Bertz CT molecular complexity index is 2990. The summed E-state index contributed by atoms with van der Waals surface area (Å²) < 4.78 is 30.6. The molecule has 0 fully saturated rings. The maximum Gasteiger partial charge on any atom is 0.123 e. The summed E-state index contributed by atoms with van der Waals surface area (Å²) in [4.78, 5) is 4.32. The SMILES string of the molecule is Fc1ccc(N(c2ccccc2)c2ccc3cc4c5ccc(N(c6ccccc6)c6ccc(F)cc6)cc5n(-c5ccc6ccccc6c5)c4cc3c2)cc1. The number of aromatic nitrogens is 1. The standard InChI is InChI=1S/C50H33F2N3/c51-38-17-23-42(24-18-38)53(40-11-3-1-4-12-40)44-22-16-36-31-48-47-28-27-46(54(41-13-5-2-6-14-41)43-25-19-39(52)20-26-43)33-50(47)55(49(48)32-37(36)30-44)45-21-15-34-9-7-8-10-35(34)29-45/h1-33H. The van der Waals surface area contributed by atoms with E-state index >= 15 is 0 Å². The highest BCUT2D eigenvalue weighted by molar-refractivity contribution is 6.15. The lowest BCUT2D eigenvalue weighted by Gasteiger charge is -2.25. The zero-order chi connectivity index (χ0) is 36.9. The quantitative estimate of drug-likeness (QED) is 0.163. The zero-order valence-corrected chi connectivity index (χ0v) is 29.7. The maximum atomic E-state index is 14.2. The summed E-state index contributed by atoms with van der Waals surface area (Å²) in [6, 6.07) is 66.4. The minimum atomic E-state index is -0.275. The van der Waals surface area contributed by atoms with E-state index in [1.54, 1.807) is 0 Å². The van der Waals surface area contributed by atoms with Crippen LogP contribution >= 0.6 is 0 Å². The third-order valence-corrected chi connectivity index (χ3v) is 10.4. The summed E-state index contributed by atoms with van der Waals surface area (Å²) in [5.74, 6) is -0.546. The summed E-state index contributed by atoms with van der Waals surface area (Å²) >= 11 is 0. The van der Waals surface area contributed by atoms with E-state index in [1.807, 2.05) is 60.7 Å². The van der Waals surface area contributed by atoms with Gasteiger partial charge in [0.1, 0.15) is 11.6 Å². The molecule has 0 aliphatic rings. The second-order valence-electron chi connectivity index (χ2n) is 13.8. The lowest BCUT2D eigenvalue weighted by molar-refractivity contribution is 0.627. The van der Waals surface area contributed by atoms with Crippen LogP contribution < -0.4 is 9.80 Å². The van der Waals surface area contributed by atoms with E-state index in [9.17, 15) is 8.78 Å². The van der Waals surface area contributed by atoms with Gasteiger partial charge in [-0.2, -0.15) is 0 Å². The van der Waals surface area contributed by atoms with Gasteiger partial charge in [0.25, 0.3) is 0 Å². The van der Waals surface area contributed by atoms with Gasteiger partial charge in [0.15, 0.2) is 0 Å². The molecule has 3 nitrogen and oxygen atoms in total. The molecule has 0 atom stereocenters. The molecule has 1 heterocycles. The van der Waals surface area contributed by atoms with Crippen LogP contribution in [0.25, 0.3) is 49.0 Å². The van der Waals surface area contributed by atoms with Gasteiger partial charge in [0.05, 0.1) is 11.0 Å². The van der Waals surface area contributed by atoms with Crippen LogP contribution in [0.15, 0.2) is 200 Å². The van der Waals surface area contributed by atoms with Gasteiger partial charge in [-0.3, -0.25) is 0 Å². The van der Waals surface area contributed by atoms with Gasteiger partial charge in [0, 0.05) is 50.6 Å². The van der Waals surface area contributed by atoms with Gasteiger partial charge in [-0.15, -0.1) is 0 Å². The Labute approximate surface area is 317 Å². The topological polar surface area (TPSA) is 11.4 Å². The van der Waals surface area contributed by atoms with E-state index < -0.39 is 0 Å². The number of rotatable bonds is 7. The van der Waals surface area contributed by atoms with Crippen LogP contribution in [-0.2, 0) is 0 Å². The van der Waals surface area contributed by atoms with Crippen LogP contribution in [0, 0.1) is 11.6 Å². The number of para-hydroxylation sites is 2. The summed E-state index contributed by atoms with van der Waals surface area (Å²) in [6.07, 6.45) is 0. The predicted octanol–water partition coefficient (Wildman–Crippen LogP) is 14.3. The molecule has 0 radical (unpaired) electrons. The molecule has 0 amide bonds. The van der Waals surface area contributed by atoms with E-state index in [0.29, 0.717) is 0 Å². The molecule has 0 saturated carbocycles. The molecular weight excluding hydrogens is 681 g/mol. The first-order chi connectivity index (χ1) is 27.1. The highest BCUT2D eigenvalue weighted by Gasteiger charge is 2.20. The molecule has 0 aliphatic heterocycles. The molecule has 0 aliphatic carbocycles. The normalized spacial score (nSPS) is 11.5. The molecule has 10 rings (SSSR count). The molecule has 0 saturated heterocycles. The second-order valence-corrected chi connectivity index (χ2v) is 13.8. The molecule has 0 unspecified atom stereocenters. The number of anilines is 6. The predicted molar refractivity (Wildman–Crippen MR) is 225 cm³/mol. The van der Waals surface area contributed by atoms with Crippen molar-refractivity contribution in [3.05, 3.63) is 212 Å². The highest BCUT2D eigenvalue weighted by atomic mass is 19.1. The van der Waals surface area contributed by atoms with Crippen molar-refractivity contribution >= 4 is 77.5 Å². The van der Waals surface area contributed by atoms with Gasteiger partial charge in [-0.25, -0.2) is 8.78 Å². The van der Waals surface area contributed by atoms with Crippen LogP contribution in [0.1, 0.15) is 0 Å². The zero-order valence-electron chi connectivity index (χ0n) is 29.7. The van der Waals surface area contributed by atoms with E-state index in [2.05, 4.69) is 130 Å². The lowest BCUT2D eigenvalue weighted by Crippen LogP contribution is -2.10. The molecule has 0 N–H and O–H groups in total. The summed E-state index contributed by atoms with van der Waals surface area (Å²) in [5.41, 5.74) is 8.81. The molecule has 9 aromatic carbocycles. The van der Waals surface area contributed by atoms with Gasteiger partial charge in [-0.1, -0.05) is 78.9 Å². The fourth-order valence-electron chi connectivity index (χ4n) is 7.84. The number of nitrogens with zero attached hydrogens (tertiary/aromatic N) is 3. The molecule has 1 aromatic heterocycles. The number of benzene rings is 9. The Morgan fingerprint density at radius 3 is 1.42 bits per heavy atom. The summed E-state index contributed by atoms with van der Waals surface area (Å²) in [6.45, 7) is 0. The van der Waals surface area contributed by atoms with E-state index in [4.69, 9.17) is 0 Å². The van der Waals surface area contributed by atoms with Crippen molar-refractivity contribution in [1.82, 2.24) is 4.57 Å². The number of halogens is 2.